The Morgan fingerprint density at radius 2 is 1.37 bits per heavy atom. The van der Waals surface area contributed by atoms with Crippen molar-refractivity contribution >= 4 is 45.0 Å². The smallest absolute Gasteiger partial charge is 0.411 e. The molecule has 0 bridgehead atoms. The molecule has 0 aliphatic carbocycles. The molecule has 0 spiro atoms. The summed E-state index contributed by atoms with van der Waals surface area (Å²) in [4.78, 5) is 17.3. The van der Waals surface area contributed by atoms with Crippen molar-refractivity contribution in [3.05, 3.63) is 90.5 Å². The lowest BCUT2D eigenvalue weighted by Crippen LogP contribution is -2.14. The van der Waals surface area contributed by atoms with E-state index >= 15 is 0 Å². The Morgan fingerprint density at radius 1 is 0.737 bits per heavy atom. The zero-order chi connectivity index (χ0) is 26.5. The van der Waals surface area contributed by atoms with Gasteiger partial charge in [0.1, 0.15) is 6.61 Å². The summed E-state index contributed by atoms with van der Waals surface area (Å²) in [6.45, 7) is 0.0869. The van der Waals surface area contributed by atoms with E-state index in [1.54, 1.807) is 12.1 Å². The van der Waals surface area contributed by atoms with Gasteiger partial charge in [0.25, 0.3) is 0 Å². The predicted octanol–water partition coefficient (Wildman–Crippen LogP) is 6.91. The molecule has 0 radical (unpaired) electrons. The van der Waals surface area contributed by atoms with Gasteiger partial charge in [-0.15, -0.1) is 0 Å². The SMILES string of the molecule is COc1cc(NC(=O)OCc2cccc(Nc3c4ccccc4nc4ccccc34)c2)cc(OC)c1OC. The zero-order valence-electron chi connectivity index (χ0n) is 21.3. The highest BCUT2D eigenvalue weighted by molar-refractivity contribution is 6.08. The van der Waals surface area contributed by atoms with E-state index < -0.39 is 6.09 Å². The lowest BCUT2D eigenvalue weighted by molar-refractivity contribution is 0.155. The van der Waals surface area contributed by atoms with Crippen molar-refractivity contribution in [3.8, 4) is 17.2 Å². The van der Waals surface area contributed by atoms with E-state index in [4.69, 9.17) is 23.9 Å². The van der Waals surface area contributed by atoms with Crippen molar-refractivity contribution in [2.45, 2.75) is 6.61 Å². The molecule has 5 rings (SSSR count). The Bertz CT molecular complexity index is 1540. The number of nitrogens with one attached hydrogen (secondary N) is 2. The lowest BCUT2D eigenvalue weighted by atomic mass is 10.1. The predicted molar refractivity (Wildman–Crippen MR) is 149 cm³/mol. The number of para-hydroxylation sites is 2. The molecule has 2 N–H and O–H groups in total. The fourth-order valence-corrected chi connectivity index (χ4v) is 4.31. The first-order chi connectivity index (χ1) is 18.6. The minimum absolute atomic E-state index is 0.0869. The van der Waals surface area contributed by atoms with Crippen LogP contribution in [-0.2, 0) is 11.3 Å². The third-order valence-corrected chi connectivity index (χ3v) is 6.07. The van der Waals surface area contributed by atoms with E-state index in [-0.39, 0.29) is 6.61 Å². The van der Waals surface area contributed by atoms with Gasteiger partial charge in [-0.1, -0.05) is 48.5 Å². The van der Waals surface area contributed by atoms with Crippen LogP contribution in [0.3, 0.4) is 0 Å². The van der Waals surface area contributed by atoms with Gasteiger partial charge in [-0.25, -0.2) is 9.78 Å². The summed E-state index contributed by atoms with van der Waals surface area (Å²) in [6, 6.07) is 27.1. The van der Waals surface area contributed by atoms with Gasteiger partial charge in [-0.2, -0.15) is 0 Å². The molecule has 0 unspecified atom stereocenters. The molecule has 1 heterocycles. The first-order valence-corrected chi connectivity index (χ1v) is 12.0. The molecule has 192 valence electrons. The average Bonchev–Trinajstić information content (AvgIpc) is 2.95. The van der Waals surface area contributed by atoms with Gasteiger partial charge in [0.2, 0.25) is 5.75 Å². The van der Waals surface area contributed by atoms with Crippen LogP contribution in [0.15, 0.2) is 84.9 Å². The Hall–Kier alpha value is -4.98. The number of hydrogen-bond acceptors (Lipinski definition) is 7. The quantitative estimate of drug-likeness (QED) is 0.220. The van der Waals surface area contributed by atoms with Gasteiger partial charge in [0.15, 0.2) is 11.5 Å². The van der Waals surface area contributed by atoms with Crippen LogP contribution in [0.2, 0.25) is 0 Å². The Labute approximate surface area is 220 Å². The van der Waals surface area contributed by atoms with E-state index in [0.717, 1.165) is 38.7 Å². The molecule has 4 aromatic carbocycles. The molecule has 8 heteroatoms. The molecule has 0 aliphatic rings. The molecule has 8 nitrogen and oxygen atoms in total. The van der Waals surface area contributed by atoms with Gasteiger partial charge in [-0.3, -0.25) is 5.32 Å². The molecule has 38 heavy (non-hydrogen) atoms. The molecule has 1 aromatic heterocycles. The summed E-state index contributed by atoms with van der Waals surface area (Å²) in [7, 11) is 4.54. The molecule has 0 saturated carbocycles. The van der Waals surface area contributed by atoms with Crippen LogP contribution in [0.1, 0.15) is 5.56 Å². The zero-order valence-corrected chi connectivity index (χ0v) is 21.3. The number of aromatic nitrogens is 1. The molecule has 0 atom stereocenters. The maximum atomic E-state index is 12.5. The fourth-order valence-electron chi connectivity index (χ4n) is 4.31. The molecule has 5 aromatic rings. The Morgan fingerprint density at radius 3 is 1.97 bits per heavy atom. The lowest BCUT2D eigenvalue weighted by Gasteiger charge is -2.15. The second kappa shape index (κ2) is 11.0. The number of amides is 1. The highest BCUT2D eigenvalue weighted by Gasteiger charge is 2.15. The van der Waals surface area contributed by atoms with E-state index in [0.29, 0.717) is 22.9 Å². The second-order valence-corrected chi connectivity index (χ2v) is 8.46. The van der Waals surface area contributed by atoms with E-state index in [2.05, 4.69) is 22.8 Å². The van der Waals surface area contributed by atoms with Crippen molar-refractivity contribution in [1.29, 1.82) is 0 Å². The van der Waals surface area contributed by atoms with Crippen LogP contribution < -0.4 is 24.8 Å². The second-order valence-electron chi connectivity index (χ2n) is 8.46. The topological polar surface area (TPSA) is 90.9 Å². The van der Waals surface area contributed by atoms with Crippen LogP contribution in [-0.4, -0.2) is 32.4 Å². The minimum atomic E-state index is -0.608. The number of carbonyl (C=O) groups is 1. The number of rotatable bonds is 8. The van der Waals surface area contributed by atoms with Gasteiger partial charge >= 0.3 is 6.09 Å². The number of methoxy groups -OCH3 is 3. The van der Waals surface area contributed by atoms with E-state index in [1.807, 2.05) is 60.7 Å². The summed E-state index contributed by atoms with van der Waals surface area (Å²) in [6.07, 6.45) is -0.608. The van der Waals surface area contributed by atoms with Gasteiger partial charge in [-0.05, 0) is 29.8 Å². The van der Waals surface area contributed by atoms with Gasteiger partial charge in [0, 0.05) is 28.6 Å². The molecular formula is C30H27N3O5. The molecule has 0 saturated heterocycles. The summed E-state index contributed by atoms with van der Waals surface area (Å²) in [5.74, 6) is 1.29. The number of anilines is 3. The normalized spacial score (nSPS) is 10.7. The summed E-state index contributed by atoms with van der Waals surface area (Å²) in [5.41, 5.74) is 4.96. The van der Waals surface area contributed by atoms with Crippen LogP contribution in [0.25, 0.3) is 21.8 Å². The largest absolute Gasteiger partial charge is 0.493 e. The fraction of sp³-hybridized carbons (Fsp3) is 0.133. The number of pyridine rings is 1. The number of ether oxygens (including phenoxy) is 4. The number of nitrogens with zero attached hydrogens (tertiary/aromatic N) is 1. The first-order valence-electron chi connectivity index (χ1n) is 12.0. The van der Waals surface area contributed by atoms with Crippen LogP contribution in [0, 0.1) is 0 Å². The highest BCUT2D eigenvalue weighted by atomic mass is 16.5. The highest BCUT2D eigenvalue weighted by Crippen LogP contribution is 2.40. The number of carbonyl (C=O) groups excluding carboxylic acids is 1. The minimum Gasteiger partial charge on any atom is -0.493 e. The first kappa shape index (κ1) is 24.7. The number of fused-ring (bicyclic) bond motifs is 2. The molecule has 0 aliphatic heterocycles. The van der Waals surface area contributed by atoms with Crippen molar-refractivity contribution in [3.63, 3.8) is 0 Å². The van der Waals surface area contributed by atoms with Crippen molar-refractivity contribution < 1.29 is 23.7 Å². The Balaban J connectivity index is 1.32. The summed E-state index contributed by atoms with van der Waals surface area (Å²) < 4.78 is 21.5. The maximum Gasteiger partial charge on any atom is 0.411 e. The van der Waals surface area contributed by atoms with Crippen molar-refractivity contribution in [2.75, 3.05) is 32.0 Å². The summed E-state index contributed by atoms with van der Waals surface area (Å²) >= 11 is 0. The average molecular weight is 510 g/mol. The maximum absolute atomic E-state index is 12.5. The molecule has 0 fully saturated rings. The van der Waals surface area contributed by atoms with Gasteiger partial charge < -0.3 is 24.3 Å². The van der Waals surface area contributed by atoms with Gasteiger partial charge in [0.05, 0.1) is 43.7 Å². The van der Waals surface area contributed by atoms with E-state index in [9.17, 15) is 4.79 Å². The van der Waals surface area contributed by atoms with Crippen LogP contribution in [0.4, 0.5) is 21.9 Å². The Kier molecular flexibility index (Phi) is 7.13. The standard InChI is InChI=1S/C30H27N3O5/c1-35-26-16-21(17-27(36-2)29(26)37-3)32-30(34)38-18-19-9-8-10-20(15-19)31-28-22-11-4-6-13-24(22)33-25-14-7-5-12-23(25)28/h4-17H,18H2,1-3H3,(H,31,33)(H,32,34). The molecule has 1 amide bonds. The summed E-state index contributed by atoms with van der Waals surface area (Å²) in [5, 5.41) is 8.32. The third-order valence-electron chi connectivity index (χ3n) is 6.07. The molecular weight excluding hydrogens is 482 g/mol. The monoisotopic (exact) mass is 509 g/mol. The van der Waals surface area contributed by atoms with E-state index in [1.165, 1.54) is 21.3 Å². The van der Waals surface area contributed by atoms with Crippen molar-refractivity contribution in [1.82, 2.24) is 4.98 Å². The van der Waals surface area contributed by atoms with Crippen LogP contribution >= 0.6 is 0 Å². The van der Waals surface area contributed by atoms with Crippen molar-refractivity contribution in [2.24, 2.45) is 0 Å². The van der Waals surface area contributed by atoms with Crippen LogP contribution in [0.5, 0.6) is 17.2 Å². The third kappa shape index (κ3) is 5.10. The number of benzene rings is 4. The number of hydrogen-bond donors (Lipinski definition) is 2.